The molecule has 3 aromatic rings. The molecule has 0 spiro atoms. The van der Waals surface area contributed by atoms with Crippen molar-refractivity contribution in [3.8, 4) is 0 Å². The van der Waals surface area contributed by atoms with Crippen LogP contribution in [0.2, 0.25) is 0 Å². The Balaban J connectivity index is 1.69. The summed E-state index contributed by atoms with van der Waals surface area (Å²) in [5.74, 6) is 0.0779. The van der Waals surface area contributed by atoms with Crippen molar-refractivity contribution >= 4 is 28.1 Å². The lowest BCUT2D eigenvalue weighted by atomic mass is 10.1. The van der Waals surface area contributed by atoms with E-state index in [0.717, 1.165) is 27.8 Å². The van der Waals surface area contributed by atoms with E-state index in [9.17, 15) is 4.79 Å². The lowest BCUT2D eigenvalue weighted by Crippen LogP contribution is -2.14. The van der Waals surface area contributed by atoms with Crippen LogP contribution in [0.4, 0.5) is 11.4 Å². The molecule has 2 N–H and O–H groups in total. The van der Waals surface area contributed by atoms with Crippen molar-refractivity contribution < 1.29 is 4.79 Å². The first-order chi connectivity index (χ1) is 10.6. The van der Waals surface area contributed by atoms with Crippen molar-refractivity contribution in [3.05, 3.63) is 60.3 Å². The second kappa shape index (κ2) is 5.93. The van der Waals surface area contributed by atoms with E-state index in [2.05, 4.69) is 10.3 Å². The van der Waals surface area contributed by atoms with Gasteiger partial charge in [-0.2, -0.15) is 0 Å². The zero-order valence-electron chi connectivity index (χ0n) is 12.8. The molecule has 22 heavy (non-hydrogen) atoms. The third-order valence-corrected chi connectivity index (χ3v) is 3.73. The number of nitrogens with zero attached hydrogens (tertiary/aromatic N) is 1. The smallest absolute Gasteiger partial charge is 0.183 e. The van der Waals surface area contributed by atoms with Gasteiger partial charge in [0, 0.05) is 48.1 Å². The van der Waals surface area contributed by atoms with Gasteiger partial charge in [0.25, 0.3) is 0 Å². The zero-order chi connectivity index (χ0) is 15.5. The van der Waals surface area contributed by atoms with E-state index < -0.39 is 0 Å². The van der Waals surface area contributed by atoms with Gasteiger partial charge in [0.1, 0.15) is 0 Å². The molecular weight excluding hydrogens is 274 g/mol. The second-order valence-electron chi connectivity index (χ2n) is 5.47. The Kier molecular flexibility index (Phi) is 3.83. The Morgan fingerprint density at radius 2 is 1.82 bits per heavy atom. The number of hydrogen-bond donors (Lipinski definition) is 2. The first kappa shape index (κ1) is 14.2. The Morgan fingerprint density at radius 3 is 2.55 bits per heavy atom. The number of anilines is 2. The molecule has 0 saturated heterocycles. The highest BCUT2D eigenvalue weighted by Crippen LogP contribution is 2.19. The average molecular weight is 293 g/mol. The van der Waals surface area contributed by atoms with Crippen LogP contribution in [0.1, 0.15) is 10.4 Å². The summed E-state index contributed by atoms with van der Waals surface area (Å²) < 4.78 is 0. The number of fused-ring (bicyclic) bond motifs is 1. The van der Waals surface area contributed by atoms with Crippen LogP contribution in [0, 0.1) is 0 Å². The summed E-state index contributed by atoms with van der Waals surface area (Å²) in [6.45, 7) is 0.281. The topological polar surface area (TPSA) is 48.1 Å². The van der Waals surface area contributed by atoms with Crippen LogP contribution in [0.5, 0.6) is 0 Å². The van der Waals surface area contributed by atoms with Crippen LogP contribution in [0.25, 0.3) is 10.9 Å². The normalized spacial score (nSPS) is 10.6. The van der Waals surface area contributed by atoms with E-state index >= 15 is 0 Å². The molecule has 0 fully saturated rings. The van der Waals surface area contributed by atoms with Crippen LogP contribution in [-0.2, 0) is 0 Å². The molecule has 0 saturated carbocycles. The minimum atomic E-state index is 0.0779. The fourth-order valence-electron chi connectivity index (χ4n) is 2.46. The van der Waals surface area contributed by atoms with E-state index in [1.165, 1.54) is 0 Å². The standard InChI is InChI=1S/C18H19N3O/c1-21(2)14-9-7-13(8-10-14)19-12-18(22)16-11-20-17-6-4-3-5-15(16)17/h3-11,19-20H,12H2,1-2H3. The van der Waals surface area contributed by atoms with Gasteiger partial charge in [-0.3, -0.25) is 4.79 Å². The van der Waals surface area contributed by atoms with Crippen molar-refractivity contribution in [2.24, 2.45) is 0 Å². The number of rotatable bonds is 5. The number of para-hydroxylation sites is 1. The first-order valence-electron chi connectivity index (χ1n) is 7.26. The van der Waals surface area contributed by atoms with Crippen LogP contribution in [-0.4, -0.2) is 31.4 Å². The highest BCUT2D eigenvalue weighted by atomic mass is 16.1. The molecule has 0 amide bonds. The van der Waals surface area contributed by atoms with E-state index in [4.69, 9.17) is 0 Å². The number of Topliss-reactive ketones (excluding diaryl/α,β-unsaturated/α-hetero) is 1. The molecule has 2 aromatic carbocycles. The summed E-state index contributed by atoms with van der Waals surface area (Å²) in [7, 11) is 4.01. The SMILES string of the molecule is CN(C)c1ccc(NCC(=O)c2c[nH]c3ccccc23)cc1. The van der Waals surface area contributed by atoms with Gasteiger partial charge < -0.3 is 15.2 Å². The predicted octanol–water partition coefficient (Wildman–Crippen LogP) is 3.53. The van der Waals surface area contributed by atoms with E-state index in [-0.39, 0.29) is 12.3 Å². The maximum Gasteiger partial charge on any atom is 0.183 e. The van der Waals surface area contributed by atoms with Crippen molar-refractivity contribution in [1.82, 2.24) is 4.98 Å². The number of H-pyrrole nitrogens is 1. The summed E-state index contributed by atoms with van der Waals surface area (Å²) in [4.78, 5) is 17.6. The van der Waals surface area contributed by atoms with Crippen LogP contribution in [0.3, 0.4) is 0 Å². The molecular formula is C18H19N3O. The molecule has 4 heteroatoms. The van der Waals surface area contributed by atoms with E-state index in [1.54, 1.807) is 6.20 Å². The lowest BCUT2D eigenvalue weighted by molar-refractivity contribution is 0.101. The molecule has 1 heterocycles. The molecule has 0 unspecified atom stereocenters. The predicted molar refractivity (Wildman–Crippen MR) is 91.9 cm³/mol. The lowest BCUT2D eigenvalue weighted by Gasteiger charge is -2.13. The highest BCUT2D eigenvalue weighted by Gasteiger charge is 2.11. The molecule has 1 aromatic heterocycles. The third kappa shape index (κ3) is 2.81. The summed E-state index contributed by atoms with van der Waals surface area (Å²) in [6.07, 6.45) is 1.78. The van der Waals surface area contributed by atoms with Gasteiger partial charge >= 0.3 is 0 Å². The van der Waals surface area contributed by atoms with Crippen molar-refractivity contribution in [2.45, 2.75) is 0 Å². The van der Waals surface area contributed by atoms with E-state index in [1.807, 2.05) is 67.5 Å². The fourth-order valence-corrected chi connectivity index (χ4v) is 2.46. The van der Waals surface area contributed by atoms with Crippen molar-refractivity contribution in [2.75, 3.05) is 30.9 Å². The number of aromatic nitrogens is 1. The molecule has 0 bridgehead atoms. The molecule has 4 nitrogen and oxygen atoms in total. The van der Waals surface area contributed by atoms with Crippen molar-refractivity contribution in [1.29, 1.82) is 0 Å². The second-order valence-corrected chi connectivity index (χ2v) is 5.47. The molecule has 0 radical (unpaired) electrons. The summed E-state index contributed by atoms with van der Waals surface area (Å²) in [6, 6.07) is 15.9. The van der Waals surface area contributed by atoms with Gasteiger partial charge in [0.05, 0.1) is 6.54 Å². The Bertz CT molecular complexity index is 787. The monoisotopic (exact) mass is 293 g/mol. The number of hydrogen-bond acceptors (Lipinski definition) is 3. The summed E-state index contributed by atoms with van der Waals surface area (Å²) >= 11 is 0. The first-order valence-corrected chi connectivity index (χ1v) is 7.26. The number of ketones is 1. The number of carbonyl (C=O) groups is 1. The quantitative estimate of drug-likeness (QED) is 0.708. The Labute approximate surface area is 129 Å². The Hall–Kier alpha value is -2.75. The molecule has 112 valence electrons. The number of carbonyl (C=O) groups excluding carboxylic acids is 1. The number of aromatic amines is 1. The number of nitrogens with one attached hydrogen (secondary N) is 2. The molecule has 3 rings (SSSR count). The van der Waals surface area contributed by atoms with Crippen molar-refractivity contribution in [3.63, 3.8) is 0 Å². The average Bonchev–Trinajstić information content (AvgIpc) is 2.97. The van der Waals surface area contributed by atoms with Gasteiger partial charge in [-0.15, -0.1) is 0 Å². The summed E-state index contributed by atoms with van der Waals surface area (Å²) in [5, 5.41) is 4.15. The van der Waals surface area contributed by atoms with Crippen LogP contribution < -0.4 is 10.2 Å². The van der Waals surface area contributed by atoms with Gasteiger partial charge in [0.15, 0.2) is 5.78 Å². The fraction of sp³-hybridized carbons (Fsp3) is 0.167. The van der Waals surface area contributed by atoms with Gasteiger partial charge in [0.2, 0.25) is 0 Å². The van der Waals surface area contributed by atoms with Crippen LogP contribution >= 0.6 is 0 Å². The minimum absolute atomic E-state index is 0.0779. The van der Waals surface area contributed by atoms with Gasteiger partial charge in [-0.25, -0.2) is 0 Å². The molecule has 0 aliphatic heterocycles. The maximum absolute atomic E-state index is 12.4. The zero-order valence-corrected chi connectivity index (χ0v) is 12.8. The molecule has 0 aliphatic rings. The van der Waals surface area contributed by atoms with Crippen LogP contribution in [0.15, 0.2) is 54.7 Å². The summed E-state index contributed by atoms with van der Waals surface area (Å²) in [5.41, 5.74) is 3.79. The maximum atomic E-state index is 12.4. The largest absolute Gasteiger partial charge is 0.378 e. The van der Waals surface area contributed by atoms with E-state index in [0.29, 0.717) is 0 Å². The number of benzene rings is 2. The molecule has 0 aliphatic carbocycles. The third-order valence-electron chi connectivity index (χ3n) is 3.73. The highest BCUT2D eigenvalue weighted by molar-refractivity contribution is 6.09. The van der Waals surface area contributed by atoms with Gasteiger partial charge in [-0.1, -0.05) is 18.2 Å². The molecule has 0 atom stereocenters. The minimum Gasteiger partial charge on any atom is -0.378 e. The Morgan fingerprint density at radius 1 is 1.09 bits per heavy atom. The van der Waals surface area contributed by atoms with Gasteiger partial charge in [-0.05, 0) is 30.3 Å².